The maximum Gasteiger partial charge on any atom is 0.138 e. The summed E-state index contributed by atoms with van der Waals surface area (Å²) in [4.78, 5) is 3.87. The van der Waals surface area contributed by atoms with Gasteiger partial charge in [-0.15, -0.1) is 0 Å². The van der Waals surface area contributed by atoms with Gasteiger partial charge in [-0.25, -0.2) is 4.39 Å². The molecule has 0 saturated carbocycles. The second-order valence-corrected chi connectivity index (χ2v) is 6.51. The second-order valence-electron chi connectivity index (χ2n) is 5.66. The molecule has 4 N–H and O–H groups in total. The normalized spacial score (nSPS) is 12.3. The third-order valence-electron chi connectivity index (χ3n) is 2.61. The molecule has 2 rings (SSSR count). The summed E-state index contributed by atoms with van der Waals surface area (Å²) < 4.78 is 17.2. The minimum absolute atomic E-state index is 0.0630. The van der Waals surface area contributed by atoms with Crippen LogP contribution in [0.25, 0.3) is 10.9 Å². The van der Waals surface area contributed by atoms with Crippen LogP contribution in [0.5, 0.6) is 0 Å². The predicted octanol–water partition coefficient (Wildman–Crippen LogP) is 3.20. The van der Waals surface area contributed by atoms with Crippen LogP contribution in [-0.4, -0.2) is 17.1 Å². The lowest BCUT2D eigenvalue weighted by atomic mass is 10.1. The molecule has 5 heteroatoms. The molecule has 0 unspecified atom stereocenters. The van der Waals surface area contributed by atoms with Gasteiger partial charge in [0.2, 0.25) is 0 Å². The van der Waals surface area contributed by atoms with E-state index in [1.54, 1.807) is 6.07 Å². The summed E-state index contributed by atoms with van der Waals surface area (Å²) >= 11 is 1.32. The Morgan fingerprint density at radius 1 is 1.32 bits per heavy atom. The fourth-order valence-corrected chi connectivity index (χ4v) is 2.52. The first-order chi connectivity index (χ1) is 8.89. The lowest BCUT2D eigenvalue weighted by Crippen LogP contribution is -2.29. The van der Waals surface area contributed by atoms with Crippen molar-refractivity contribution in [3.63, 3.8) is 0 Å². The van der Waals surface area contributed by atoms with Crippen LogP contribution in [0.15, 0.2) is 23.1 Å². The molecular formula is C14H20FN3S. The summed E-state index contributed by atoms with van der Waals surface area (Å²) in [7, 11) is 0. The number of halogens is 1. The molecule has 0 aliphatic rings. The largest absolute Gasteiger partial charge is 0.358 e. The fraction of sp³-hybridized carbons (Fsp3) is 0.429. The number of aromatic amines is 1. The summed E-state index contributed by atoms with van der Waals surface area (Å²) in [6, 6.07) is 5.36. The summed E-state index contributed by atoms with van der Waals surface area (Å²) in [6.45, 7) is 6.72. The zero-order chi connectivity index (χ0) is 14.0. The first-order valence-electron chi connectivity index (χ1n) is 6.34. The molecule has 0 aliphatic carbocycles. The average Bonchev–Trinajstić information content (AvgIpc) is 2.66. The predicted molar refractivity (Wildman–Crippen MR) is 79.8 cm³/mol. The van der Waals surface area contributed by atoms with E-state index in [1.165, 1.54) is 11.9 Å². The molecule has 0 amide bonds. The van der Waals surface area contributed by atoms with E-state index < -0.39 is 0 Å². The molecule has 1 heterocycles. The van der Waals surface area contributed by atoms with Crippen molar-refractivity contribution in [2.45, 2.75) is 37.6 Å². The van der Waals surface area contributed by atoms with Crippen LogP contribution in [0.4, 0.5) is 4.39 Å². The third-order valence-corrected chi connectivity index (χ3v) is 3.86. The number of nitrogens with two attached hydrogens (primary N) is 1. The van der Waals surface area contributed by atoms with Crippen LogP contribution in [0.1, 0.15) is 26.5 Å². The van der Waals surface area contributed by atoms with E-state index in [4.69, 9.17) is 5.73 Å². The highest BCUT2D eigenvalue weighted by Gasteiger charge is 2.13. The topological polar surface area (TPSA) is 53.8 Å². The van der Waals surface area contributed by atoms with E-state index in [0.29, 0.717) is 11.4 Å². The van der Waals surface area contributed by atoms with E-state index >= 15 is 0 Å². The molecule has 2 aromatic rings. The van der Waals surface area contributed by atoms with Gasteiger partial charge in [-0.1, -0.05) is 0 Å². The van der Waals surface area contributed by atoms with Gasteiger partial charge in [-0.2, -0.15) is 0 Å². The van der Waals surface area contributed by atoms with Crippen molar-refractivity contribution in [2.24, 2.45) is 5.73 Å². The van der Waals surface area contributed by atoms with E-state index in [9.17, 15) is 4.39 Å². The minimum atomic E-state index is -0.201. The van der Waals surface area contributed by atoms with Crippen LogP contribution < -0.4 is 10.5 Å². The van der Waals surface area contributed by atoms with Gasteiger partial charge in [0.15, 0.2) is 0 Å². The first kappa shape index (κ1) is 14.4. The van der Waals surface area contributed by atoms with Gasteiger partial charge in [0, 0.05) is 22.1 Å². The number of fused-ring (bicyclic) bond motifs is 1. The molecule has 0 saturated heterocycles. The van der Waals surface area contributed by atoms with E-state index in [-0.39, 0.29) is 11.4 Å². The second kappa shape index (κ2) is 5.53. The molecule has 0 spiro atoms. The fourth-order valence-electron chi connectivity index (χ4n) is 1.77. The maximum atomic E-state index is 14.0. The highest BCUT2D eigenvalue weighted by molar-refractivity contribution is 7.97. The zero-order valence-corrected chi connectivity index (χ0v) is 12.3. The van der Waals surface area contributed by atoms with Crippen LogP contribution in [0.3, 0.4) is 0 Å². The Kier molecular flexibility index (Phi) is 4.18. The molecule has 104 valence electrons. The molecule has 1 aromatic carbocycles. The Labute approximate surface area is 117 Å². The van der Waals surface area contributed by atoms with E-state index in [2.05, 4.69) is 9.71 Å². The van der Waals surface area contributed by atoms with Crippen molar-refractivity contribution in [3.05, 3.63) is 29.7 Å². The number of aromatic nitrogens is 1. The Morgan fingerprint density at radius 3 is 2.68 bits per heavy atom. The maximum absolute atomic E-state index is 14.0. The molecule has 0 radical (unpaired) electrons. The van der Waals surface area contributed by atoms with Gasteiger partial charge < -0.3 is 10.7 Å². The first-order valence-corrected chi connectivity index (χ1v) is 7.16. The van der Waals surface area contributed by atoms with Crippen molar-refractivity contribution in [1.29, 1.82) is 0 Å². The highest BCUT2D eigenvalue weighted by atomic mass is 32.2. The average molecular weight is 281 g/mol. The van der Waals surface area contributed by atoms with Gasteiger partial charge >= 0.3 is 0 Å². The number of rotatable bonds is 4. The molecule has 19 heavy (non-hydrogen) atoms. The van der Waals surface area contributed by atoms with Crippen molar-refractivity contribution in [1.82, 2.24) is 9.71 Å². The molecule has 0 bridgehead atoms. The van der Waals surface area contributed by atoms with Gasteiger partial charge in [-0.05, 0) is 63.9 Å². The zero-order valence-electron chi connectivity index (χ0n) is 11.5. The molecular weight excluding hydrogens is 261 g/mol. The summed E-state index contributed by atoms with van der Waals surface area (Å²) in [5.74, 6) is -0.201. The van der Waals surface area contributed by atoms with Gasteiger partial charge in [0.05, 0.1) is 4.90 Å². The Morgan fingerprint density at radius 2 is 2.05 bits per heavy atom. The molecule has 0 fully saturated rings. The van der Waals surface area contributed by atoms with Gasteiger partial charge in [0.1, 0.15) is 5.82 Å². The SMILES string of the molecule is CC(C)(C)NSc1cc2[nH]c(CCN)cc2cc1F. The van der Waals surface area contributed by atoms with E-state index in [1.807, 2.05) is 32.9 Å². The molecule has 1 aromatic heterocycles. The van der Waals surface area contributed by atoms with Gasteiger partial charge in [0.25, 0.3) is 0 Å². The van der Waals surface area contributed by atoms with E-state index in [0.717, 1.165) is 23.0 Å². The quantitative estimate of drug-likeness (QED) is 0.754. The van der Waals surface area contributed by atoms with Crippen LogP contribution in [0.2, 0.25) is 0 Å². The lowest BCUT2D eigenvalue weighted by molar-refractivity contribution is 0.533. The number of hydrogen-bond donors (Lipinski definition) is 3. The monoisotopic (exact) mass is 281 g/mol. The van der Waals surface area contributed by atoms with Crippen molar-refractivity contribution in [2.75, 3.05) is 6.54 Å². The summed E-state index contributed by atoms with van der Waals surface area (Å²) in [6.07, 6.45) is 0.777. The molecule has 3 nitrogen and oxygen atoms in total. The van der Waals surface area contributed by atoms with Crippen LogP contribution in [0, 0.1) is 5.82 Å². The number of hydrogen-bond acceptors (Lipinski definition) is 3. The standard InChI is InChI=1S/C14H20FN3S/c1-14(2,3)18-19-13-8-12-9(7-11(13)15)6-10(17-12)4-5-16/h6-8,17-18H,4-5,16H2,1-3H3. The number of nitrogens with one attached hydrogen (secondary N) is 2. The Balaban J connectivity index is 2.27. The Bertz CT molecular complexity index is 572. The molecule has 0 atom stereocenters. The van der Waals surface area contributed by atoms with Crippen molar-refractivity contribution in [3.8, 4) is 0 Å². The number of benzene rings is 1. The van der Waals surface area contributed by atoms with Crippen LogP contribution >= 0.6 is 11.9 Å². The lowest BCUT2D eigenvalue weighted by Gasteiger charge is -2.19. The molecule has 0 aliphatic heterocycles. The van der Waals surface area contributed by atoms with Gasteiger partial charge in [-0.3, -0.25) is 4.72 Å². The Hall–Kier alpha value is -1.04. The number of H-pyrrole nitrogens is 1. The third kappa shape index (κ3) is 3.72. The van der Waals surface area contributed by atoms with Crippen molar-refractivity contribution < 1.29 is 4.39 Å². The smallest absolute Gasteiger partial charge is 0.138 e. The summed E-state index contributed by atoms with van der Waals surface area (Å²) in [5, 5.41) is 0.890. The van der Waals surface area contributed by atoms with Crippen molar-refractivity contribution >= 4 is 22.9 Å². The van der Waals surface area contributed by atoms with Crippen LogP contribution in [-0.2, 0) is 6.42 Å². The summed E-state index contributed by atoms with van der Waals surface area (Å²) in [5.41, 5.74) is 7.46. The highest BCUT2D eigenvalue weighted by Crippen LogP contribution is 2.27. The minimum Gasteiger partial charge on any atom is -0.358 e.